The first-order chi connectivity index (χ1) is 15.5. The molecule has 1 aliphatic carbocycles. The lowest BCUT2D eigenvalue weighted by Gasteiger charge is -2.31. The number of ether oxygens (including phenoxy) is 3. The van der Waals surface area contributed by atoms with Gasteiger partial charge >= 0.3 is 11.7 Å². The number of carbonyl (C=O) groups excluding carboxylic acids is 1. The first-order valence-electron chi connectivity index (χ1n) is 10.9. The van der Waals surface area contributed by atoms with E-state index in [0.29, 0.717) is 23.7 Å². The maximum absolute atomic E-state index is 12.7. The molecule has 0 saturated heterocycles. The molecule has 0 radical (unpaired) electrons. The number of fused-ring (bicyclic) bond motifs is 1. The van der Waals surface area contributed by atoms with Crippen LogP contribution in [-0.4, -0.2) is 34.7 Å². The Balaban J connectivity index is 1.51. The molecule has 0 aliphatic heterocycles. The van der Waals surface area contributed by atoms with E-state index in [-0.39, 0.29) is 29.5 Å². The predicted molar refractivity (Wildman–Crippen MR) is 120 cm³/mol. The smallest absolute Gasteiger partial charge is 0.327 e. The van der Waals surface area contributed by atoms with Gasteiger partial charge < -0.3 is 19.2 Å². The summed E-state index contributed by atoms with van der Waals surface area (Å²) in [6, 6.07) is 11.2. The van der Waals surface area contributed by atoms with E-state index in [9.17, 15) is 9.59 Å². The van der Waals surface area contributed by atoms with Gasteiger partial charge in [0.25, 0.3) is 0 Å². The summed E-state index contributed by atoms with van der Waals surface area (Å²) in [5.74, 6) is 1.33. The van der Waals surface area contributed by atoms with Crippen molar-refractivity contribution in [2.24, 2.45) is 11.8 Å². The largest absolute Gasteiger partial charge is 0.497 e. The van der Waals surface area contributed by atoms with E-state index in [2.05, 4.69) is 9.97 Å². The maximum atomic E-state index is 12.7. The normalized spacial score (nSPS) is 19.5. The number of carbonyl (C=O) groups is 1. The number of nitrogens with one attached hydrogen (secondary N) is 1. The number of esters is 1. The molecule has 4 rings (SSSR count). The molecule has 0 bridgehead atoms. The van der Waals surface area contributed by atoms with Crippen molar-refractivity contribution in [1.29, 1.82) is 0 Å². The zero-order valence-corrected chi connectivity index (χ0v) is 18.7. The molecule has 3 aromatic rings. The summed E-state index contributed by atoms with van der Waals surface area (Å²) in [7, 11) is 3.06. The number of pyridine rings is 1. The van der Waals surface area contributed by atoms with Gasteiger partial charge in [0, 0.05) is 12.1 Å². The van der Waals surface area contributed by atoms with Crippen molar-refractivity contribution in [2.75, 3.05) is 14.2 Å². The second kappa shape index (κ2) is 9.46. The molecule has 1 atom stereocenters. The van der Waals surface area contributed by atoms with Crippen LogP contribution < -0.4 is 15.2 Å². The van der Waals surface area contributed by atoms with Crippen LogP contribution in [0.1, 0.15) is 44.2 Å². The first kappa shape index (κ1) is 21.9. The summed E-state index contributed by atoms with van der Waals surface area (Å²) in [5, 5.41) is 0. The molecule has 2 aromatic heterocycles. The summed E-state index contributed by atoms with van der Waals surface area (Å²) < 4.78 is 17.8. The Bertz CT molecular complexity index is 1140. The van der Waals surface area contributed by atoms with Gasteiger partial charge in [-0.25, -0.2) is 4.79 Å². The second-order valence-corrected chi connectivity index (χ2v) is 8.34. The van der Waals surface area contributed by atoms with Gasteiger partial charge in [0.15, 0.2) is 5.65 Å². The van der Waals surface area contributed by atoms with Gasteiger partial charge in [-0.1, -0.05) is 12.1 Å². The number of aromatic amines is 1. The Hall–Kier alpha value is -3.29. The lowest BCUT2D eigenvalue weighted by atomic mass is 9.79. The van der Waals surface area contributed by atoms with Crippen molar-refractivity contribution in [3.63, 3.8) is 0 Å². The van der Waals surface area contributed by atoms with Crippen LogP contribution >= 0.6 is 0 Å². The van der Waals surface area contributed by atoms with Gasteiger partial charge in [-0.05, 0) is 62.3 Å². The van der Waals surface area contributed by atoms with Gasteiger partial charge in [-0.15, -0.1) is 0 Å². The molecule has 1 aromatic carbocycles. The lowest BCUT2D eigenvalue weighted by molar-refractivity contribution is -0.146. The van der Waals surface area contributed by atoms with Gasteiger partial charge in [-0.2, -0.15) is 4.98 Å². The zero-order chi connectivity index (χ0) is 22.7. The number of H-pyrrole nitrogens is 1. The van der Waals surface area contributed by atoms with E-state index >= 15 is 0 Å². The van der Waals surface area contributed by atoms with Crippen LogP contribution in [0.4, 0.5) is 0 Å². The third-order valence-electron chi connectivity index (χ3n) is 6.45. The van der Waals surface area contributed by atoms with Crippen LogP contribution in [-0.2, 0) is 16.1 Å². The minimum absolute atomic E-state index is 0.0436. The predicted octanol–water partition coefficient (Wildman–Crippen LogP) is 3.85. The van der Waals surface area contributed by atoms with Crippen LogP contribution in [0.2, 0.25) is 0 Å². The van der Waals surface area contributed by atoms with Gasteiger partial charge in [0.05, 0.1) is 25.7 Å². The van der Waals surface area contributed by atoms with Crippen molar-refractivity contribution in [3.05, 3.63) is 52.4 Å². The van der Waals surface area contributed by atoms with Crippen molar-refractivity contribution >= 4 is 17.1 Å². The molecule has 2 heterocycles. The summed E-state index contributed by atoms with van der Waals surface area (Å²) in [4.78, 5) is 32.1. The first-order valence-corrected chi connectivity index (χ1v) is 10.9. The van der Waals surface area contributed by atoms with Gasteiger partial charge in [0.1, 0.15) is 12.4 Å². The fourth-order valence-electron chi connectivity index (χ4n) is 4.58. The Labute approximate surface area is 186 Å². The van der Waals surface area contributed by atoms with E-state index in [1.165, 1.54) is 7.11 Å². The maximum Gasteiger partial charge on any atom is 0.327 e. The Morgan fingerprint density at radius 2 is 1.97 bits per heavy atom. The van der Waals surface area contributed by atoms with Crippen molar-refractivity contribution < 1.29 is 19.0 Å². The van der Waals surface area contributed by atoms with Gasteiger partial charge in [-0.3, -0.25) is 9.36 Å². The van der Waals surface area contributed by atoms with Crippen LogP contribution in [0.15, 0.2) is 41.2 Å². The highest BCUT2D eigenvalue weighted by molar-refractivity contribution is 5.72. The molecular formula is C24H29N3O5. The molecule has 1 saturated carbocycles. The third-order valence-corrected chi connectivity index (χ3v) is 6.45. The standard InChI is InChI=1S/C24H29N3O5/c1-15(17-7-9-18(10-8-17)23(28)31-3)27-22-20(25-24(27)29)11-12-21(26-22)32-14-16-5-4-6-19(13-16)30-2/h4-6,11-13,15,17-18H,7-10,14H2,1-3H3,(H,25,29). The molecule has 1 N–H and O–H groups in total. The second-order valence-electron chi connectivity index (χ2n) is 8.34. The lowest BCUT2D eigenvalue weighted by Crippen LogP contribution is -2.30. The van der Waals surface area contributed by atoms with Crippen molar-refractivity contribution in [1.82, 2.24) is 14.5 Å². The van der Waals surface area contributed by atoms with Crippen LogP contribution in [0, 0.1) is 11.8 Å². The molecule has 32 heavy (non-hydrogen) atoms. The minimum atomic E-state index is -0.181. The molecule has 8 nitrogen and oxygen atoms in total. The Kier molecular flexibility index (Phi) is 6.48. The fraction of sp³-hybridized carbons (Fsp3) is 0.458. The average Bonchev–Trinajstić information content (AvgIpc) is 3.16. The molecule has 1 fully saturated rings. The van der Waals surface area contributed by atoms with E-state index in [4.69, 9.17) is 14.2 Å². The van der Waals surface area contributed by atoms with E-state index in [1.54, 1.807) is 17.7 Å². The Morgan fingerprint density at radius 3 is 2.69 bits per heavy atom. The summed E-state index contributed by atoms with van der Waals surface area (Å²) in [5.41, 5.74) is 2.05. The molecule has 1 aliphatic rings. The minimum Gasteiger partial charge on any atom is -0.497 e. The number of imidazole rings is 1. The molecule has 0 spiro atoms. The van der Waals surface area contributed by atoms with Crippen molar-refractivity contribution in [2.45, 2.75) is 45.3 Å². The highest BCUT2D eigenvalue weighted by Crippen LogP contribution is 2.36. The number of rotatable bonds is 7. The molecule has 1 unspecified atom stereocenters. The summed E-state index contributed by atoms with van der Waals surface area (Å²) >= 11 is 0. The molecule has 0 amide bonds. The van der Waals surface area contributed by atoms with Crippen LogP contribution in [0.3, 0.4) is 0 Å². The summed E-state index contributed by atoms with van der Waals surface area (Å²) in [6.07, 6.45) is 3.29. The van der Waals surface area contributed by atoms with Gasteiger partial charge in [0.2, 0.25) is 5.88 Å². The average molecular weight is 440 g/mol. The Morgan fingerprint density at radius 1 is 1.19 bits per heavy atom. The molecule has 170 valence electrons. The number of methoxy groups -OCH3 is 2. The fourth-order valence-corrected chi connectivity index (χ4v) is 4.58. The number of benzene rings is 1. The van der Waals surface area contributed by atoms with E-state index < -0.39 is 0 Å². The summed E-state index contributed by atoms with van der Waals surface area (Å²) in [6.45, 7) is 2.39. The molecular weight excluding hydrogens is 410 g/mol. The van der Waals surface area contributed by atoms with Crippen LogP contribution in [0.5, 0.6) is 11.6 Å². The quantitative estimate of drug-likeness (QED) is 0.562. The zero-order valence-electron chi connectivity index (χ0n) is 18.7. The van der Waals surface area contributed by atoms with Crippen molar-refractivity contribution in [3.8, 4) is 11.6 Å². The number of hydrogen-bond acceptors (Lipinski definition) is 6. The van der Waals surface area contributed by atoms with E-state index in [0.717, 1.165) is 37.0 Å². The van der Waals surface area contributed by atoms with Crippen LogP contribution in [0.25, 0.3) is 11.2 Å². The monoisotopic (exact) mass is 439 g/mol. The van der Waals surface area contributed by atoms with E-state index in [1.807, 2.05) is 37.3 Å². The highest BCUT2D eigenvalue weighted by Gasteiger charge is 2.31. The SMILES string of the molecule is COC(=O)C1CCC(C(C)n2c(=O)[nH]c3ccc(OCc4cccc(OC)c4)nc32)CC1. The third kappa shape index (κ3) is 4.49. The number of nitrogens with zero attached hydrogens (tertiary/aromatic N) is 2. The number of aromatic nitrogens is 3. The number of hydrogen-bond donors (Lipinski definition) is 1. The topological polar surface area (TPSA) is 95.4 Å². The highest BCUT2D eigenvalue weighted by atomic mass is 16.5. The molecule has 8 heteroatoms.